The van der Waals surface area contributed by atoms with Crippen molar-refractivity contribution in [1.29, 1.82) is 0 Å². The minimum absolute atomic E-state index is 0.239. The third kappa shape index (κ3) is 4.17. The van der Waals surface area contributed by atoms with Crippen LogP contribution in [0.5, 0.6) is 0 Å². The van der Waals surface area contributed by atoms with Crippen LogP contribution in [0.15, 0.2) is 59.0 Å². The summed E-state index contributed by atoms with van der Waals surface area (Å²) in [6.07, 6.45) is 7.63. The maximum Gasteiger partial charge on any atom is 0.198 e. The van der Waals surface area contributed by atoms with Gasteiger partial charge in [-0.2, -0.15) is 0 Å². The molecule has 0 bridgehead atoms. The zero-order valence-corrected chi connectivity index (χ0v) is 18.4. The van der Waals surface area contributed by atoms with Crippen molar-refractivity contribution < 1.29 is 8.81 Å². The minimum atomic E-state index is -0.338. The van der Waals surface area contributed by atoms with Gasteiger partial charge in [0, 0.05) is 10.8 Å². The zero-order valence-electron chi connectivity index (χ0n) is 17.6. The Morgan fingerprint density at radius 2 is 1.50 bits per heavy atom. The fourth-order valence-corrected chi connectivity index (χ4v) is 4.29. The van der Waals surface area contributed by atoms with Gasteiger partial charge in [0.1, 0.15) is 0 Å². The molecule has 154 valence electrons. The molecule has 0 amide bonds. The van der Waals surface area contributed by atoms with Crippen LogP contribution >= 0.6 is 12.2 Å². The molecular formula is C27H27FOS. The Kier molecular flexibility index (Phi) is 6.29. The molecule has 1 heterocycles. The average molecular weight is 419 g/mol. The van der Waals surface area contributed by atoms with Crippen LogP contribution in [0, 0.1) is 17.4 Å². The molecule has 0 saturated heterocycles. The van der Waals surface area contributed by atoms with Gasteiger partial charge in [-0.15, -0.1) is 0 Å². The van der Waals surface area contributed by atoms with E-state index in [1.165, 1.54) is 37.7 Å². The second-order valence-corrected chi connectivity index (χ2v) is 8.45. The molecule has 0 aliphatic carbocycles. The summed E-state index contributed by atoms with van der Waals surface area (Å²) in [6, 6.07) is 18.6. The van der Waals surface area contributed by atoms with Crippen molar-refractivity contribution in [2.75, 3.05) is 0 Å². The van der Waals surface area contributed by atoms with Gasteiger partial charge in [0.05, 0.1) is 0 Å². The monoisotopic (exact) mass is 418 g/mol. The summed E-state index contributed by atoms with van der Waals surface area (Å²) in [5.41, 5.74) is 4.42. The average Bonchev–Trinajstić information content (AvgIpc) is 2.77. The molecule has 0 fully saturated rings. The lowest BCUT2D eigenvalue weighted by atomic mass is 9.98. The molecular weight excluding hydrogens is 391 g/mol. The molecule has 3 aromatic carbocycles. The van der Waals surface area contributed by atoms with E-state index in [2.05, 4.69) is 43.3 Å². The van der Waals surface area contributed by atoms with E-state index in [1.54, 1.807) is 13.0 Å². The molecule has 1 aromatic heterocycles. The summed E-state index contributed by atoms with van der Waals surface area (Å²) in [5, 5.41) is 2.53. The highest BCUT2D eigenvalue weighted by Gasteiger charge is 2.12. The Morgan fingerprint density at radius 3 is 2.27 bits per heavy atom. The van der Waals surface area contributed by atoms with Gasteiger partial charge in [-0.1, -0.05) is 81.1 Å². The summed E-state index contributed by atoms with van der Waals surface area (Å²) < 4.78 is 20.5. The normalized spacial score (nSPS) is 11.4. The second-order valence-electron chi connectivity index (χ2n) is 8.08. The van der Waals surface area contributed by atoms with E-state index in [1.807, 2.05) is 12.1 Å². The molecule has 0 aliphatic heterocycles. The Hall–Kier alpha value is -2.52. The molecule has 0 radical (unpaired) electrons. The molecule has 0 unspecified atom stereocenters. The van der Waals surface area contributed by atoms with Crippen LogP contribution < -0.4 is 0 Å². The highest BCUT2D eigenvalue weighted by Crippen LogP contribution is 2.33. The first-order chi connectivity index (χ1) is 14.6. The topological polar surface area (TPSA) is 13.1 Å². The van der Waals surface area contributed by atoms with Gasteiger partial charge >= 0.3 is 0 Å². The Morgan fingerprint density at radius 1 is 0.800 bits per heavy atom. The van der Waals surface area contributed by atoms with Gasteiger partial charge in [-0.3, -0.25) is 0 Å². The Balaban J connectivity index is 1.62. The predicted octanol–water partition coefficient (Wildman–Crippen LogP) is 8.94. The standard InChI is InChI=1S/C27H27FOS/c1-3-4-5-6-7-8-19-10-12-20(13-11-19)21-14-16-22-23-15-9-18(2)25(28)26(23)29-27(30)24(22)17-21/h9-17H,3-8H2,1-2H3. The van der Waals surface area contributed by atoms with Crippen molar-refractivity contribution in [3.05, 3.63) is 76.2 Å². The number of rotatable bonds is 7. The van der Waals surface area contributed by atoms with Crippen LogP contribution in [0.4, 0.5) is 4.39 Å². The van der Waals surface area contributed by atoms with Crippen molar-refractivity contribution in [2.45, 2.75) is 52.4 Å². The highest BCUT2D eigenvalue weighted by molar-refractivity contribution is 7.71. The third-order valence-electron chi connectivity index (χ3n) is 5.87. The summed E-state index contributed by atoms with van der Waals surface area (Å²) in [4.78, 5) is 0. The number of halogens is 1. The smallest absolute Gasteiger partial charge is 0.198 e. The first-order valence-electron chi connectivity index (χ1n) is 10.8. The molecule has 0 aliphatic rings. The molecule has 4 aromatic rings. The molecule has 0 N–H and O–H groups in total. The van der Waals surface area contributed by atoms with E-state index in [9.17, 15) is 4.39 Å². The molecule has 0 spiro atoms. The van der Waals surface area contributed by atoms with Gasteiger partial charge in [0.2, 0.25) is 0 Å². The van der Waals surface area contributed by atoms with Crippen LogP contribution in [0.3, 0.4) is 0 Å². The molecule has 0 saturated carbocycles. The Labute approximate surface area is 182 Å². The van der Waals surface area contributed by atoms with Crippen LogP contribution in [0.25, 0.3) is 32.9 Å². The van der Waals surface area contributed by atoms with Crippen LogP contribution in [0.2, 0.25) is 0 Å². The maximum atomic E-state index is 14.5. The number of benzene rings is 3. The molecule has 4 rings (SSSR count). The summed E-state index contributed by atoms with van der Waals surface area (Å²) in [5.74, 6) is -0.338. The fourth-order valence-electron chi connectivity index (χ4n) is 4.04. The van der Waals surface area contributed by atoms with Gasteiger partial charge in [0.15, 0.2) is 16.1 Å². The van der Waals surface area contributed by atoms with Gasteiger partial charge in [0.25, 0.3) is 0 Å². The maximum absolute atomic E-state index is 14.5. The number of hydrogen-bond donors (Lipinski definition) is 0. The summed E-state index contributed by atoms with van der Waals surface area (Å²) in [6.45, 7) is 3.98. The number of aryl methyl sites for hydroxylation is 2. The van der Waals surface area contributed by atoms with Crippen LogP contribution in [-0.2, 0) is 6.42 Å². The molecule has 0 atom stereocenters. The van der Waals surface area contributed by atoms with Crippen molar-refractivity contribution in [3.8, 4) is 11.1 Å². The van der Waals surface area contributed by atoms with Gasteiger partial charge in [-0.25, -0.2) is 4.39 Å². The fraction of sp³-hybridized carbons (Fsp3) is 0.296. The largest absolute Gasteiger partial charge is 0.441 e. The highest BCUT2D eigenvalue weighted by atomic mass is 32.1. The minimum Gasteiger partial charge on any atom is -0.441 e. The third-order valence-corrected chi connectivity index (χ3v) is 6.17. The number of hydrogen-bond acceptors (Lipinski definition) is 2. The van der Waals surface area contributed by atoms with Crippen molar-refractivity contribution >= 4 is 34.0 Å². The van der Waals surface area contributed by atoms with E-state index in [-0.39, 0.29) is 11.4 Å². The number of unbranched alkanes of at least 4 members (excludes halogenated alkanes) is 4. The molecule has 30 heavy (non-hydrogen) atoms. The van der Waals surface area contributed by atoms with Crippen molar-refractivity contribution in [1.82, 2.24) is 0 Å². The number of fused-ring (bicyclic) bond motifs is 3. The van der Waals surface area contributed by atoms with E-state index in [0.717, 1.165) is 33.7 Å². The van der Waals surface area contributed by atoms with E-state index >= 15 is 0 Å². The first kappa shape index (κ1) is 20.7. The quantitative estimate of drug-likeness (QED) is 0.169. The lowest BCUT2D eigenvalue weighted by molar-refractivity contribution is 0.542. The van der Waals surface area contributed by atoms with Crippen LogP contribution in [0.1, 0.15) is 50.2 Å². The summed E-state index contributed by atoms with van der Waals surface area (Å²) in [7, 11) is 0. The first-order valence-corrected chi connectivity index (χ1v) is 11.2. The van der Waals surface area contributed by atoms with Gasteiger partial charge < -0.3 is 4.42 Å². The Bertz CT molecular complexity index is 1240. The SMILES string of the molecule is CCCCCCCc1ccc(-c2ccc3c(c2)c(=S)oc2c(F)c(C)ccc23)cc1. The molecule has 3 heteroatoms. The lowest BCUT2D eigenvalue weighted by Gasteiger charge is -2.09. The second kappa shape index (κ2) is 9.09. The predicted molar refractivity (Wildman–Crippen MR) is 127 cm³/mol. The summed E-state index contributed by atoms with van der Waals surface area (Å²) >= 11 is 5.46. The zero-order chi connectivity index (χ0) is 21.1. The van der Waals surface area contributed by atoms with Crippen molar-refractivity contribution in [3.63, 3.8) is 0 Å². The lowest BCUT2D eigenvalue weighted by Crippen LogP contribution is -1.89. The van der Waals surface area contributed by atoms with E-state index in [0.29, 0.717) is 10.3 Å². The molecule has 1 nitrogen and oxygen atoms in total. The van der Waals surface area contributed by atoms with Gasteiger partial charge in [-0.05, 0) is 65.7 Å². The van der Waals surface area contributed by atoms with Crippen molar-refractivity contribution in [2.24, 2.45) is 0 Å². The van der Waals surface area contributed by atoms with E-state index < -0.39 is 0 Å². The van der Waals surface area contributed by atoms with Crippen LogP contribution in [-0.4, -0.2) is 0 Å². The van der Waals surface area contributed by atoms with E-state index in [4.69, 9.17) is 16.6 Å².